The smallest absolute Gasteiger partial charge is 0.263 e. The number of nitrogens with zero attached hydrogens (tertiary/aromatic N) is 1. The van der Waals surface area contributed by atoms with Crippen molar-refractivity contribution < 1.29 is 19.0 Å². The molecule has 1 aromatic rings. The summed E-state index contributed by atoms with van der Waals surface area (Å²) < 4.78 is 18.9. The van der Waals surface area contributed by atoms with Crippen LogP contribution in [0.25, 0.3) is 0 Å². The maximum atomic E-state index is 12.9. The van der Waals surface area contributed by atoms with Crippen molar-refractivity contribution >= 4 is 21.8 Å². The predicted octanol–water partition coefficient (Wildman–Crippen LogP) is 2.20. The first-order valence-corrected chi connectivity index (χ1v) is 6.80. The minimum Gasteiger partial charge on any atom is -0.480 e. The molecule has 1 aromatic carbocycles. The molecular weight excluding hydrogens is 317 g/mol. The van der Waals surface area contributed by atoms with Gasteiger partial charge in [-0.05, 0) is 48.0 Å². The van der Waals surface area contributed by atoms with Crippen LogP contribution in [-0.4, -0.2) is 41.7 Å². The van der Waals surface area contributed by atoms with Gasteiger partial charge in [-0.1, -0.05) is 0 Å². The Morgan fingerprint density at radius 1 is 1.58 bits per heavy atom. The molecule has 19 heavy (non-hydrogen) atoms. The molecule has 1 rings (SSSR count). The molecule has 0 fully saturated rings. The Hall–Kier alpha value is -1.14. The molecular formula is C13H17BrFNO3. The van der Waals surface area contributed by atoms with Gasteiger partial charge in [-0.3, -0.25) is 4.79 Å². The van der Waals surface area contributed by atoms with E-state index in [9.17, 15) is 9.18 Å². The molecule has 0 bridgehead atoms. The van der Waals surface area contributed by atoms with Gasteiger partial charge in [0.05, 0.1) is 11.1 Å². The SMILES string of the molecule is CCN(CCO)C(=O)C(C)Oc1ccc(F)cc1Br. The van der Waals surface area contributed by atoms with E-state index in [4.69, 9.17) is 9.84 Å². The first kappa shape index (κ1) is 15.9. The summed E-state index contributed by atoms with van der Waals surface area (Å²) >= 11 is 3.18. The van der Waals surface area contributed by atoms with Crippen molar-refractivity contribution in [1.29, 1.82) is 0 Å². The highest BCUT2D eigenvalue weighted by molar-refractivity contribution is 9.10. The summed E-state index contributed by atoms with van der Waals surface area (Å²) in [6.07, 6.45) is -0.701. The Labute approximate surface area is 120 Å². The number of likely N-dealkylation sites (N-methyl/N-ethyl adjacent to an activating group) is 1. The van der Waals surface area contributed by atoms with E-state index in [0.29, 0.717) is 16.8 Å². The number of carbonyl (C=O) groups is 1. The average Bonchev–Trinajstić information content (AvgIpc) is 2.38. The van der Waals surface area contributed by atoms with Crippen LogP contribution in [0.15, 0.2) is 22.7 Å². The van der Waals surface area contributed by atoms with Crippen molar-refractivity contribution in [3.8, 4) is 5.75 Å². The number of ether oxygens (including phenoxy) is 1. The number of aliphatic hydroxyl groups is 1. The van der Waals surface area contributed by atoms with Gasteiger partial charge in [-0.25, -0.2) is 4.39 Å². The van der Waals surface area contributed by atoms with Crippen molar-refractivity contribution in [2.75, 3.05) is 19.7 Å². The third-order valence-corrected chi connectivity index (χ3v) is 3.23. The minimum absolute atomic E-state index is 0.0907. The minimum atomic E-state index is -0.701. The molecule has 1 amide bonds. The zero-order chi connectivity index (χ0) is 14.4. The first-order valence-electron chi connectivity index (χ1n) is 6.01. The summed E-state index contributed by atoms with van der Waals surface area (Å²) in [6, 6.07) is 4.01. The van der Waals surface area contributed by atoms with Crippen LogP contribution in [0.4, 0.5) is 4.39 Å². The van der Waals surface area contributed by atoms with Crippen molar-refractivity contribution in [2.45, 2.75) is 20.0 Å². The van der Waals surface area contributed by atoms with E-state index >= 15 is 0 Å². The lowest BCUT2D eigenvalue weighted by molar-refractivity contribution is -0.138. The van der Waals surface area contributed by atoms with Gasteiger partial charge in [-0.2, -0.15) is 0 Å². The Balaban J connectivity index is 2.72. The molecule has 0 saturated carbocycles. The van der Waals surface area contributed by atoms with E-state index in [1.165, 1.54) is 23.1 Å². The van der Waals surface area contributed by atoms with Gasteiger partial charge in [-0.15, -0.1) is 0 Å². The van der Waals surface area contributed by atoms with Crippen molar-refractivity contribution in [3.05, 3.63) is 28.5 Å². The lowest BCUT2D eigenvalue weighted by Crippen LogP contribution is -2.41. The second kappa shape index (κ2) is 7.45. The number of halogens is 2. The van der Waals surface area contributed by atoms with E-state index in [1.54, 1.807) is 6.92 Å². The van der Waals surface area contributed by atoms with Crippen LogP contribution in [-0.2, 0) is 4.79 Å². The summed E-state index contributed by atoms with van der Waals surface area (Å²) in [5.41, 5.74) is 0. The number of carbonyl (C=O) groups excluding carboxylic acids is 1. The summed E-state index contributed by atoms with van der Waals surface area (Å²) in [5.74, 6) is -0.191. The fourth-order valence-electron chi connectivity index (χ4n) is 1.61. The van der Waals surface area contributed by atoms with Crippen LogP contribution in [0, 0.1) is 5.82 Å². The third-order valence-electron chi connectivity index (χ3n) is 2.61. The molecule has 0 aliphatic heterocycles. The number of hydrogen-bond acceptors (Lipinski definition) is 3. The van der Waals surface area contributed by atoms with Crippen LogP contribution in [0.3, 0.4) is 0 Å². The fraction of sp³-hybridized carbons (Fsp3) is 0.462. The Morgan fingerprint density at radius 3 is 2.79 bits per heavy atom. The summed E-state index contributed by atoms with van der Waals surface area (Å²) in [6.45, 7) is 4.13. The summed E-state index contributed by atoms with van der Waals surface area (Å²) in [4.78, 5) is 13.5. The second-order valence-corrected chi connectivity index (χ2v) is 4.83. The van der Waals surface area contributed by atoms with Gasteiger partial charge in [0, 0.05) is 13.1 Å². The van der Waals surface area contributed by atoms with Crippen molar-refractivity contribution in [2.24, 2.45) is 0 Å². The van der Waals surface area contributed by atoms with E-state index in [-0.39, 0.29) is 24.9 Å². The molecule has 106 valence electrons. The number of rotatable bonds is 6. The van der Waals surface area contributed by atoms with Crippen LogP contribution in [0.2, 0.25) is 0 Å². The zero-order valence-corrected chi connectivity index (χ0v) is 12.5. The molecule has 4 nitrogen and oxygen atoms in total. The Bertz CT molecular complexity index is 442. The molecule has 0 aliphatic carbocycles. The fourth-order valence-corrected chi connectivity index (χ4v) is 2.06. The molecule has 0 saturated heterocycles. The molecule has 0 aliphatic rings. The summed E-state index contributed by atoms with van der Waals surface area (Å²) in [7, 11) is 0. The van der Waals surface area contributed by atoms with Crippen LogP contribution in [0.1, 0.15) is 13.8 Å². The lowest BCUT2D eigenvalue weighted by Gasteiger charge is -2.24. The normalized spacial score (nSPS) is 12.1. The molecule has 0 aromatic heterocycles. The highest BCUT2D eigenvalue weighted by Crippen LogP contribution is 2.26. The van der Waals surface area contributed by atoms with Crippen molar-refractivity contribution in [1.82, 2.24) is 4.90 Å². The molecule has 1 N–H and O–H groups in total. The molecule has 1 atom stereocenters. The highest BCUT2D eigenvalue weighted by Gasteiger charge is 2.21. The quantitative estimate of drug-likeness (QED) is 0.868. The van der Waals surface area contributed by atoms with E-state index in [0.717, 1.165) is 0 Å². The van der Waals surface area contributed by atoms with Crippen LogP contribution < -0.4 is 4.74 Å². The molecule has 6 heteroatoms. The van der Waals surface area contributed by atoms with Gasteiger partial charge in [0.25, 0.3) is 5.91 Å². The third kappa shape index (κ3) is 4.47. The maximum absolute atomic E-state index is 12.9. The number of hydrogen-bond donors (Lipinski definition) is 1. The molecule has 0 radical (unpaired) electrons. The molecule has 1 unspecified atom stereocenters. The van der Waals surface area contributed by atoms with Gasteiger partial charge in [0.1, 0.15) is 11.6 Å². The molecule has 0 heterocycles. The lowest BCUT2D eigenvalue weighted by atomic mass is 10.3. The maximum Gasteiger partial charge on any atom is 0.263 e. The van der Waals surface area contributed by atoms with Gasteiger partial charge in [0.2, 0.25) is 0 Å². The standard InChI is InChI=1S/C13H17BrFNO3/c1-3-16(6-7-17)13(18)9(2)19-12-5-4-10(15)8-11(12)14/h4-5,8-9,17H,3,6-7H2,1-2H3. The monoisotopic (exact) mass is 333 g/mol. The van der Waals surface area contributed by atoms with E-state index < -0.39 is 6.10 Å². The molecule has 0 spiro atoms. The van der Waals surface area contributed by atoms with Crippen LogP contribution >= 0.6 is 15.9 Å². The number of amides is 1. The van der Waals surface area contributed by atoms with E-state index in [2.05, 4.69) is 15.9 Å². The largest absolute Gasteiger partial charge is 0.480 e. The number of aliphatic hydroxyl groups excluding tert-OH is 1. The zero-order valence-electron chi connectivity index (χ0n) is 10.9. The first-order chi connectivity index (χ1) is 8.99. The van der Waals surface area contributed by atoms with Crippen molar-refractivity contribution in [3.63, 3.8) is 0 Å². The van der Waals surface area contributed by atoms with Gasteiger partial charge >= 0.3 is 0 Å². The second-order valence-electron chi connectivity index (χ2n) is 3.98. The Morgan fingerprint density at radius 2 is 2.26 bits per heavy atom. The number of benzene rings is 1. The predicted molar refractivity (Wildman–Crippen MR) is 73.5 cm³/mol. The van der Waals surface area contributed by atoms with Gasteiger partial charge in [0.15, 0.2) is 6.10 Å². The average molecular weight is 334 g/mol. The topological polar surface area (TPSA) is 49.8 Å². The summed E-state index contributed by atoms with van der Waals surface area (Å²) in [5, 5.41) is 8.88. The van der Waals surface area contributed by atoms with E-state index in [1.807, 2.05) is 6.92 Å². The Kier molecular flexibility index (Phi) is 6.24. The van der Waals surface area contributed by atoms with Crippen LogP contribution in [0.5, 0.6) is 5.75 Å². The van der Waals surface area contributed by atoms with Gasteiger partial charge < -0.3 is 14.7 Å². The highest BCUT2D eigenvalue weighted by atomic mass is 79.9.